The van der Waals surface area contributed by atoms with Gasteiger partial charge in [-0.15, -0.1) is 10.2 Å². The molecule has 6 nitrogen and oxygen atoms in total. The summed E-state index contributed by atoms with van der Waals surface area (Å²) in [5.41, 5.74) is 7.55. The van der Waals surface area contributed by atoms with Gasteiger partial charge in [-0.05, 0) is 24.6 Å². The molecule has 0 amide bonds. The van der Waals surface area contributed by atoms with Crippen LogP contribution in [0.15, 0.2) is 24.5 Å². The van der Waals surface area contributed by atoms with E-state index in [-0.39, 0.29) is 11.6 Å². The van der Waals surface area contributed by atoms with Crippen LogP contribution < -0.4 is 5.73 Å². The Kier molecular flexibility index (Phi) is 2.53. The van der Waals surface area contributed by atoms with Crippen molar-refractivity contribution >= 4 is 23.1 Å². The minimum absolute atomic E-state index is 0.0408. The van der Waals surface area contributed by atoms with E-state index in [9.17, 15) is 5.11 Å². The molecule has 0 spiro atoms. The average Bonchev–Trinajstić information content (AvgIpc) is 2.80. The van der Waals surface area contributed by atoms with E-state index in [4.69, 9.17) is 17.3 Å². The molecular weight excluding hydrogens is 266 g/mol. The van der Waals surface area contributed by atoms with Crippen molar-refractivity contribution in [2.24, 2.45) is 0 Å². The van der Waals surface area contributed by atoms with Crippen LogP contribution in [0.4, 0.5) is 5.82 Å². The Hall–Kier alpha value is -2.34. The van der Waals surface area contributed by atoms with E-state index < -0.39 is 0 Å². The molecule has 3 rings (SSSR count). The summed E-state index contributed by atoms with van der Waals surface area (Å²) >= 11 is 5.90. The first-order valence-corrected chi connectivity index (χ1v) is 5.90. The number of anilines is 1. The van der Waals surface area contributed by atoms with Crippen molar-refractivity contribution in [1.82, 2.24) is 19.6 Å². The Balaban J connectivity index is 2.37. The second-order valence-electron chi connectivity index (χ2n) is 4.15. The van der Waals surface area contributed by atoms with E-state index in [0.717, 1.165) is 5.56 Å². The normalized spacial score (nSPS) is 11.1. The number of imidazole rings is 1. The van der Waals surface area contributed by atoms with Crippen LogP contribution in [0.25, 0.3) is 17.0 Å². The molecule has 0 radical (unpaired) electrons. The fourth-order valence-corrected chi connectivity index (χ4v) is 2.31. The molecule has 0 fully saturated rings. The number of nitrogen functional groups attached to an aromatic ring is 1. The van der Waals surface area contributed by atoms with Crippen molar-refractivity contribution in [3.63, 3.8) is 0 Å². The zero-order valence-corrected chi connectivity index (χ0v) is 10.8. The van der Waals surface area contributed by atoms with Crippen LogP contribution in [-0.4, -0.2) is 24.7 Å². The Morgan fingerprint density at radius 2 is 2.11 bits per heavy atom. The molecule has 0 unspecified atom stereocenters. The van der Waals surface area contributed by atoms with Crippen molar-refractivity contribution < 1.29 is 5.11 Å². The standard InChI is InChI=1S/C12H10ClN5O/c1-6-4-7(13)5-8(19)9(6)11-17-16-10(14)12-15-2-3-18(11)12/h2-5,19H,1H3,(H2,14,16). The van der Waals surface area contributed by atoms with Crippen molar-refractivity contribution in [2.45, 2.75) is 6.92 Å². The van der Waals surface area contributed by atoms with Gasteiger partial charge in [0.2, 0.25) is 0 Å². The maximum Gasteiger partial charge on any atom is 0.189 e. The first-order valence-electron chi connectivity index (χ1n) is 5.52. The van der Waals surface area contributed by atoms with Crippen LogP contribution in [0.5, 0.6) is 5.75 Å². The van der Waals surface area contributed by atoms with Crippen LogP contribution in [0.2, 0.25) is 5.02 Å². The first kappa shape index (κ1) is 11.7. The summed E-state index contributed by atoms with van der Waals surface area (Å²) in [5, 5.41) is 18.4. The third-order valence-electron chi connectivity index (χ3n) is 2.85. The molecule has 0 bridgehead atoms. The molecule has 0 saturated carbocycles. The van der Waals surface area contributed by atoms with Gasteiger partial charge in [-0.25, -0.2) is 4.98 Å². The van der Waals surface area contributed by atoms with Crippen molar-refractivity contribution in [2.75, 3.05) is 5.73 Å². The second-order valence-corrected chi connectivity index (χ2v) is 4.58. The summed E-state index contributed by atoms with van der Waals surface area (Å²) in [6.45, 7) is 1.84. The van der Waals surface area contributed by atoms with Gasteiger partial charge in [0, 0.05) is 17.4 Å². The Morgan fingerprint density at radius 1 is 1.32 bits per heavy atom. The number of benzene rings is 1. The van der Waals surface area contributed by atoms with Gasteiger partial charge in [-0.3, -0.25) is 4.40 Å². The van der Waals surface area contributed by atoms with Crippen LogP contribution in [0, 0.1) is 6.92 Å². The van der Waals surface area contributed by atoms with Crippen LogP contribution in [-0.2, 0) is 0 Å². The van der Waals surface area contributed by atoms with Gasteiger partial charge in [0.1, 0.15) is 5.75 Å². The number of phenols is 1. The maximum absolute atomic E-state index is 10.1. The number of rotatable bonds is 1. The molecule has 96 valence electrons. The molecule has 0 saturated heterocycles. The molecule has 2 aromatic heterocycles. The van der Waals surface area contributed by atoms with Crippen LogP contribution >= 0.6 is 11.6 Å². The summed E-state index contributed by atoms with van der Waals surface area (Å²) in [6, 6.07) is 3.21. The lowest BCUT2D eigenvalue weighted by molar-refractivity contribution is 0.476. The topological polar surface area (TPSA) is 89.3 Å². The quantitative estimate of drug-likeness (QED) is 0.709. The highest BCUT2D eigenvalue weighted by Crippen LogP contribution is 2.34. The lowest BCUT2D eigenvalue weighted by Gasteiger charge is -2.10. The smallest absolute Gasteiger partial charge is 0.189 e. The molecule has 0 aliphatic rings. The van der Waals surface area contributed by atoms with Gasteiger partial charge < -0.3 is 10.8 Å². The highest BCUT2D eigenvalue weighted by molar-refractivity contribution is 6.31. The number of aryl methyl sites for hydroxylation is 1. The monoisotopic (exact) mass is 275 g/mol. The highest BCUT2D eigenvalue weighted by atomic mass is 35.5. The molecular formula is C12H10ClN5O. The predicted octanol–water partition coefficient (Wildman–Crippen LogP) is 2.04. The van der Waals surface area contributed by atoms with Crippen molar-refractivity contribution in [1.29, 1.82) is 0 Å². The molecule has 3 N–H and O–H groups in total. The minimum Gasteiger partial charge on any atom is -0.507 e. The number of hydrogen-bond donors (Lipinski definition) is 2. The number of nitrogens with zero attached hydrogens (tertiary/aromatic N) is 4. The summed E-state index contributed by atoms with van der Waals surface area (Å²) in [5.74, 6) is 0.743. The number of aromatic nitrogens is 4. The number of hydrogen-bond acceptors (Lipinski definition) is 5. The lowest BCUT2D eigenvalue weighted by atomic mass is 10.1. The molecule has 1 aromatic carbocycles. The minimum atomic E-state index is 0.0408. The fraction of sp³-hybridized carbons (Fsp3) is 0.0833. The molecule has 0 aliphatic carbocycles. The summed E-state index contributed by atoms with van der Waals surface area (Å²) in [6.07, 6.45) is 3.31. The predicted molar refractivity (Wildman–Crippen MR) is 72.0 cm³/mol. The van der Waals surface area contributed by atoms with Crippen molar-refractivity contribution in [3.05, 3.63) is 35.1 Å². The Labute approximate surface area is 113 Å². The number of nitrogens with two attached hydrogens (primary N) is 1. The SMILES string of the molecule is Cc1cc(Cl)cc(O)c1-c1nnc(N)c2nccn12. The largest absolute Gasteiger partial charge is 0.507 e. The molecule has 0 aliphatic heterocycles. The highest BCUT2D eigenvalue weighted by Gasteiger charge is 2.16. The van der Waals surface area contributed by atoms with Gasteiger partial charge in [-0.1, -0.05) is 11.6 Å². The van der Waals surface area contributed by atoms with Gasteiger partial charge in [0.15, 0.2) is 17.3 Å². The van der Waals surface area contributed by atoms with Crippen LogP contribution in [0.1, 0.15) is 5.56 Å². The zero-order valence-electron chi connectivity index (χ0n) is 10.0. The summed E-state index contributed by atoms with van der Waals surface area (Å²) in [4.78, 5) is 4.11. The Morgan fingerprint density at radius 3 is 2.84 bits per heavy atom. The molecule has 7 heteroatoms. The van der Waals surface area contributed by atoms with E-state index in [1.165, 1.54) is 6.07 Å². The molecule has 19 heavy (non-hydrogen) atoms. The van der Waals surface area contributed by atoms with E-state index in [0.29, 0.717) is 22.1 Å². The third kappa shape index (κ3) is 1.77. The average molecular weight is 276 g/mol. The number of fused-ring (bicyclic) bond motifs is 1. The van der Waals surface area contributed by atoms with Crippen LogP contribution in [0.3, 0.4) is 0 Å². The molecule has 0 atom stereocenters. The van der Waals surface area contributed by atoms with Gasteiger partial charge in [0.05, 0.1) is 5.56 Å². The summed E-state index contributed by atoms with van der Waals surface area (Å²) < 4.78 is 1.68. The summed E-state index contributed by atoms with van der Waals surface area (Å²) in [7, 11) is 0. The van der Waals surface area contributed by atoms with E-state index in [1.54, 1.807) is 22.9 Å². The first-order chi connectivity index (χ1) is 9.08. The maximum atomic E-state index is 10.1. The van der Waals surface area contributed by atoms with Gasteiger partial charge in [0.25, 0.3) is 0 Å². The van der Waals surface area contributed by atoms with Gasteiger partial charge in [-0.2, -0.15) is 0 Å². The molecule has 3 aromatic rings. The number of halogens is 1. The second kappa shape index (κ2) is 4.10. The van der Waals surface area contributed by atoms with E-state index in [1.807, 2.05) is 6.92 Å². The van der Waals surface area contributed by atoms with E-state index in [2.05, 4.69) is 15.2 Å². The third-order valence-corrected chi connectivity index (χ3v) is 3.07. The van der Waals surface area contributed by atoms with Crippen molar-refractivity contribution in [3.8, 4) is 17.1 Å². The fourth-order valence-electron chi connectivity index (χ4n) is 2.04. The van der Waals surface area contributed by atoms with E-state index >= 15 is 0 Å². The number of phenolic OH excluding ortho intramolecular Hbond substituents is 1. The zero-order chi connectivity index (χ0) is 13.6. The Bertz CT molecular complexity index is 760. The van der Waals surface area contributed by atoms with Gasteiger partial charge >= 0.3 is 0 Å². The number of aromatic hydroxyl groups is 1. The molecule has 2 heterocycles. The lowest BCUT2D eigenvalue weighted by Crippen LogP contribution is -2.04.